The number of carbonyl (C=O) groups excluding carboxylic acids is 2. The summed E-state index contributed by atoms with van der Waals surface area (Å²) >= 11 is 3.01. The standard InChI is InChI=1S/C8H15BrN2O2/c1-6(2)11-7(12)3-4-10-8(13)5-9/h6H,3-5H2,1-2H3,(H,10,13)(H,11,12). The first-order valence-corrected chi connectivity index (χ1v) is 5.30. The first-order valence-electron chi connectivity index (χ1n) is 4.18. The molecule has 76 valence electrons. The van der Waals surface area contributed by atoms with Gasteiger partial charge in [-0.3, -0.25) is 9.59 Å². The first-order chi connectivity index (χ1) is 6.06. The number of carbonyl (C=O) groups is 2. The Labute approximate surface area is 86.6 Å². The van der Waals surface area contributed by atoms with Crippen molar-refractivity contribution in [2.24, 2.45) is 0 Å². The second-order valence-corrected chi connectivity index (χ2v) is 3.52. The topological polar surface area (TPSA) is 58.2 Å². The molecule has 0 bridgehead atoms. The van der Waals surface area contributed by atoms with E-state index in [0.29, 0.717) is 13.0 Å². The van der Waals surface area contributed by atoms with Crippen LogP contribution in [-0.2, 0) is 9.59 Å². The monoisotopic (exact) mass is 250 g/mol. The number of halogens is 1. The maximum absolute atomic E-state index is 11.0. The van der Waals surface area contributed by atoms with Crippen LogP contribution in [0.25, 0.3) is 0 Å². The highest BCUT2D eigenvalue weighted by atomic mass is 79.9. The lowest BCUT2D eigenvalue weighted by atomic mass is 10.3. The summed E-state index contributed by atoms with van der Waals surface area (Å²) < 4.78 is 0. The van der Waals surface area contributed by atoms with E-state index in [2.05, 4.69) is 26.6 Å². The predicted octanol–water partition coefficient (Wildman–Crippen LogP) is 0.412. The lowest BCUT2D eigenvalue weighted by Gasteiger charge is -2.08. The Morgan fingerprint density at radius 2 is 1.92 bits per heavy atom. The maximum atomic E-state index is 11.0. The van der Waals surface area contributed by atoms with Gasteiger partial charge in [-0.05, 0) is 13.8 Å². The van der Waals surface area contributed by atoms with Crippen LogP contribution in [-0.4, -0.2) is 29.7 Å². The third-order valence-electron chi connectivity index (χ3n) is 1.25. The zero-order chi connectivity index (χ0) is 10.3. The molecule has 0 saturated carbocycles. The molecule has 0 fully saturated rings. The summed E-state index contributed by atoms with van der Waals surface area (Å²) in [6.45, 7) is 4.19. The van der Waals surface area contributed by atoms with Crippen LogP contribution in [0.3, 0.4) is 0 Å². The Morgan fingerprint density at radius 1 is 1.31 bits per heavy atom. The van der Waals surface area contributed by atoms with Gasteiger partial charge in [-0.25, -0.2) is 0 Å². The van der Waals surface area contributed by atoms with Crippen molar-refractivity contribution in [3.05, 3.63) is 0 Å². The van der Waals surface area contributed by atoms with Gasteiger partial charge in [-0.15, -0.1) is 0 Å². The van der Waals surface area contributed by atoms with E-state index in [1.807, 2.05) is 13.8 Å². The molecular weight excluding hydrogens is 236 g/mol. The summed E-state index contributed by atoms with van der Waals surface area (Å²) in [7, 11) is 0. The highest BCUT2D eigenvalue weighted by molar-refractivity contribution is 9.09. The van der Waals surface area contributed by atoms with E-state index in [1.165, 1.54) is 0 Å². The summed E-state index contributed by atoms with van der Waals surface area (Å²) in [4.78, 5) is 21.8. The molecule has 0 spiro atoms. The van der Waals surface area contributed by atoms with Crippen LogP contribution in [0, 0.1) is 0 Å². The van der Waals surface area contributed by atoms with Gasteiger partial charge >= 0.3 is 0 Å². The van der Waals surface area contributed by atoms with Crippen molar-refractivity contribution in [2.45, 2.75) is 26.3 Å². The van der Waals surface area contributed by atoms with Crippen LogP contribution in [0.4, 0.5) is 0 Å². The van der Waals surface area contributed by atoms with E-state index in [0.717, 1.165) is 0 Å². The fourth-order valence-electron chi connectivity index (χ4n) is 0.757. The Balaban J connectivity index is 3.42. The second-order valence-electron chi connectivity index (χ2n) is 2.96. The predicted molar refractivity (Wildman–Crippen MR) is 54.7 cm³/mol. The molecule has 0 saturated heterocycles. The van der Waals surface area contributed by atoms with Crippen molar-refractivity contribution < 1.29 is 9.59 Å². The molecule has 5 heteroatoms. The zero-order valence-corrected chi connectivity index (χ0v) is 9.48. The van der Waals surface area contributed by atoms with Crippen LogP contribution >= 0.6 is 15.9 Å². The Hall–Kier alpha value is -0.580. The molecule has 0 heterocycles. The number of rotatable bonds is 5. The summed E-state index contributed by atoms with van der Waals surface area (Å²) in [5.41, 5.74) is 0. The highest BCUT2D eigenvalue weighted by Crippen LogP contribution is 1.83. The quantitative estimate of drug-likeness (QED) is 0.695. The Kier molecular flexibility index (Phi) is 6.58. The van der Waals surface area contributed by atoms with Crippen molar-refractivity contribution in [2.75, 3.05) is 11.9 Å². The minimum absolute atomic E-state index is 0.0372. The number of hydrogen-bond donors (Lipinski definition) is 2. The Morgan fingerprint density at radius 3 is 2.38 bits per heavy atom. The van der Waals surface area contributed by atoms with Crippen LogP contribution in [0.5, 0.6) is 0 Å². The van der Waals surface area contributed by atoms with E-state index < -0.39 is 0 Å². The summed E-state index contributed by atoms with van der Waals surface area (Å²) in [6, 6.07) is 0.152. The molecule has 4 nitrogen and oxygen atoms in total. The Bertz CT molecular complexity index is 183. The van der Waals surface area contributed by atoms with E-state index in [1.54, 1.807) is 0 Å². The number of hydrogen-bond acceptors (Lipinski definition) is 2. The molecule has 0 aromatic rings. The normalized spacial score (nSPS) is 9.85. The molecule has 0 rings (SSSR count). The van der Waals surface area contributed by atoms with Crippen LogP contribution in [0.15, 0.2) is 0 Å². The lowest BCUT2D eigenvalue weighted by molar-refractivity contribution is -0.121. The van der Waals surface area contributed by atoms with Gasteiger partial charge in [0, 0.05) is 19.0 Å². The van der Waals surface area contributed by atoms with Crippen LogP contribution in [0.2, 0.25) is 0 Å². The summed E-state index contributed by atoms with van der Waals surface area (Å²) in [5, 5.41) is 5.60. The fourth-order valence-corrected chi connectivity index (χ4v) is 0.955. The SMILES string of the molecule is CC(C)NC(=O)CCNC(=O)CBr. The molecule has 0 atom stereocenters. The van der Waals surface area contributed by atoms with Gasteiger partial charge in [-0.2, -0.15) is 0 Å². The van der Waals surface area contributed by atoms with Gasteiger partial charge < -0.3 is 10.6 Å². The lowest BCUT2D eigenvalue weighted by Crippen LogP contribution is -2.34. The summed E-state index contributed by atoms with van der Waals surface area (Å²) in [5.74, 6) is -0.137. The molecular formula is C8H15BrN2O2. The summed E-state index contributed by atoms with van der Waals surface area (Å²) in [6.07, 6.45) is 0.330. The van der Waals surface area contributed by atoms with E-state index in [-0.39, 0.29) is 23.2 Å². The minimum Gasteiger partial charge on any atom is -0.355 e. The van der Waals surface area contributed by atoms with E-state index in [9.17, 15) is 9.59 Å². The van der Waals surface area contributed by atoms with Crippen molar-refractivity contribution >= 4 is 27.7 Å². The fraction of sp³-hybridized carbons (Fsp3) is 0.750. The molecule has 0 unspecified atom stereocenters. The van der Waals surface area contributed by atoms with E-state index >= 15 is 0 Å². The third-order valence-corrected chi connectivity index (χ3v) is 1.75. The third kappa shape index (κ3) is 7.77. The van der Waals surface area contributed by atoms with E-state index in [4.69, 9.17) is 0 Å². The molecule has 0 aliphatic rings. The van der Waals surface area contributed by atoms with Crippen molar-refractivity contribution in [3.63, 3.8) is 0 Å². The van der Waals surface area contributed by atoms with Crippen molar-refractivity contribution in [1.82, 2.24) is 10.6 Å². The largest absolute Gasteiger partial charge is 0.355 e. The highest BCUT2D eigenvalue weighted by Gasteiger charge is 2.03. The van der Waals surface area contributed by atoms with Crippen LogP contribution in [0.1, 0.15) is 20.3 Å². The number of nitrogens with one attached hydrogen (secondary N) is 2. The molecule has 2 N–H and O–H groups in total. The van der Waals surface area contributed by atoms with Gasteiger partial charge in [0.2, 0.25) is 11.8 Å². The first kappa shape index (κ1) is 12.4. The molecule has 0 aromatic heterocycles. The zero-order valence-electron chi connectivity index (χ0n) is 7.89. The van der Waals surface area contributed by atoms with Gasteiger partial charge in [0.1, 0.15) is 0 Å². The molecule has 0 aliphatic heterocycles. The average molecular weight is 251 g/mol. The van der Waals surface area contributed by atoms with Gasteiger partial charge in [0.15, 0.2) is 0 Å². The smallest absolute Gasteiger partial charge is 0.230 e. The molecule has 0 aromatic carbocycles. The minimum atomic E-state index is -0.0997. The number of alkyl halides is 1. The van der Waals surface area contributed by atoms with Crippen molar-refractivity contribution in [1.29, 1.82) is 0 Å². The van der Waals surface area contributed by atoms with Gasteiger partial charge in [-0.1, -0.05) is 15.9 Å². The van der Waals surface area contributed by atoms with Crippen LogP contribution < -0.4 is 10.6 Å². The molecule has 0 radical (unpaired) electrons. The molecule has 13 heavy (non-hydrogen) atoms. The van der Waals surface area contributed by atoms with Crippen molar-refractivity contribution in [3.8, 4) is 0 Å². The number of amides is 2. The molecule has 2 amide bonds. The second kappa shape index (κ2) is 6.88. The molecule has 0 aliphatic carbocycles. The maximum Gasteiger partial charge on any atom is 0.230 e. The van der Waals surface area contributed by atoms with Gasteiger partial charge in [0.05, 0.1) is 5.33 Å². The van der Waals surface area contributed by atoms with Gasteiger partial charge in [0.25, 0.3) is 0 Å². The average Bonchev–Trinajstić information content (AvgIpc) is 2.02.